The fourth-order valence-electron chi connectivity index (χ4n) is 4.29. The summed E-state index contributed by atoms with van der Waals surface area (Å²) in [5.74, 6) is 1.60. The second-order valence-corrected chi connectivity index (χ2v) is 6.80. The van der Waals surface area contributed by atoms with E-state index in [1.54, 1.807) is 18.2 Å². The second-order valence-electron chi connectivity index (χ2n) is 6.80. The van der Waals surface area contributed by atoms with E-state index in [0.717, 1.165) is 5.75 Å². The highest BCUT2D eigenvalue weighted by atomic mass is 16.5. The van der Waals surface area contributed by atoms with Crippen LogP contribution in [0.5, 0.6) is 5.75 Å². The van der Waals surface area contributed by atoms with Crippen LogP contribution in [0, 0.1) is 6.92 Å². The largest absolute Gasteiger partial charge is 0.496 e. The maximum absolute atomic E-state index is 6.13. The number of fused-ring (bicyclic) bond motifs is 1. The summed E-state index contributed by atoms with van der Waals surface area (Å²) in [6, 6.07) is 2.28. The molecule has 1 fully saturated rings. The molecule has 2 aliphatic rings. The van der Waals surface area contributed by atoms with Gasteiger partial charge in [-0.1, -0.05) is 0 Å². The van der Waals surface area contributed by atoms with Gasteiger partial charge in [-0.3, -0.25) is 0 Å². The normalized spacial score (nSPS) is 29.0. The first-order chi connectivity index (χ1) is 10.1. The molecule has 0 bridgehead atoms. The van der Waals surface area contributed by atoms with Crippen molar-refractivity contribution in [3.8, 4) is 5.75 Å². The molecule has 1 aliphatic carbocycles. The van der Waals surface area contributed by atoms with Gasteiger partial charge in [0, 0.05) is 5.92 Å². The van der Waals surface area contributed by atoms with Gasteiger partial charge >= 0.3 is 0 Å². The molecule has 0 saturated carbocycles. The van der Waals surface area contributed by atoms with Crippen LogP contribution in [0.25, 0.3) is 0 Å². The standard InChI is InChI=1S/C19H28O2/c1-12-9-10-16(14(3)21-12)19-13(2)18(20-4)11-15-7-5-6-8-17(15)19/h11-12,14,16H,5-10H2,1-4H3. The molecule has 2 heteroatoms. The number of aryl methyl sites for hydroxylation is 1. The molecule has 0 aromatic heterocycles. The molecule has 1 aromatic carbocycles. The number of hydrogen-bond donors (Lipinski definition) is 0. The average Bonchev–Trinajstić information content (AvgIpc) is 2.48. The fraction of sp³-hybridized carbons (Fsp3) is 0.684. The predicted octanol–water partition coefficient (Wildman–Crippen LogP) is 4.55. The molecular weight excluding hydrogens is 260 g/mol. The van der Waals surface area contributed by atoms with Crippen molar-refractivity contribution in [2.75, 3.05) is 7.11 Å². The molecule has 3 rings (SSSR count). The van der Waals surface area contributed by atoms with E-state index < -0.39 is 0 Å². The number of benzene rings is 1. The SMILES string of the molecule is COc1cc2c(c(C3CCC(C)OC3C)c1C)CCCC2. The smallest absolute Gasteiger partial charge is 0.122 e. The zero-order chi connectivity index (χ0) is 15.0. The molecule has 1 saturated heterocycles. The summed E-state index contributed by atoms with van der Waals surface area (Å²) >= 11 is 0. The summed E-state index contributed by atoms with van der Waals surface area (Å²) in [6.07, 6.45) is 8.19. The number of hydrogen-bond acceptors (Lipinski definition) is 2. The molecule has 1 aromatic rings. The highest BCUT2D eigenvalue weighted by molar-refractivity contribution is 5.52. The summed E-state index contributed by atoms with van der Waals surface area (Å²) in [7, 11) is 1.80. The van der Waals surface area contributed by atoms with Crippen molar-refractivity contribution in [3.05, 3.63) is 28.3 Å². The van der Waals surface area contributed by atoms with Gasteiger partial charge in [-0.2, -0.15) is 0 Å². The molecule has 0 spiro atoms. The predicted molar refractivity (Wildman–Crippen MR) is 86.4 cm³/mol. The van der Waals surface area contributed by atoms with Crippen molar-refractivity contribution in [1.82, 2.24) is 0 Å². The van der Waals surface area contributed by atoms with Gasteiger partial charge in [-0.05, 0) is 87.6 Å². The van der Waals surface area contributed by atoms with Gasteiger partial charge in [0.05, 0.1) is 19.3 Å². The lowest BCUT2D eigenvalue weighted by Gasteiger charge is -2.37. The van der Waals surface area contributed by atoms with Gasteiger partial charge in [-0.25, -0.2) is 0 Å². The van der Waals surface area contributed by atoms with Crippen molar-refractivity contribution >= 4 is 0 Å². The van der Waals surface area contributed by atoms with E-state index in [1.807, 2.05) is 0 Å². The molecule has 1 aliphatic heterocycles. The van der Waals surface area contributed by atoms with Crippen LogP contribution in [0.1, 0.15) is 67.7 Å². The zero-order valence-corrected chi connectivity index (χ0v) is 13.9. The molecule has 21 heavy (non-hydrogen) atoms. The summed E-state index contributed by atoms with van der Waals surface area (Å²) < 4.78 is 11.8. The van der Waals surface area contributed by atoms with E-state index in [9.17, 15) is 0 Å². The van der Waals surface area contributed by atoms with Gasteiger partial charge in [0.15, 0.2) is 0 Å². The van der Waals surface area contributed by atoms with Crippen molar-refractivity contribution < 1.29 is 9.47 Å². The van der Waals surface area contributed by atoms with Crippen molar-refractivity contribution in [2.24, 2.45) is 0 Å². The Morgan fingerprint density at radius 3 is 2.62 bits per heavy atom. The Bertz CT molecular complexity index is 521. The summed E-state index contributed by atoms with van der Waals surface area (Å²) in [6.45, 7) is 6.67. The number of methoxy groups -OCH3 is 1. The molecule has 1 heterocycles. The maximum atomic E-state index is 6.13. The van der Waals surface area contributed by atoms with E-state index in [-0.39, 0.29) is 0 Å². The van der Waals surface area contributed by atoms with Crippen molar-refractivity contribution in [1.29, 1.82) is 0 Å². The highest BCUT2D eigenvalue weighted by Crippen LogP contribution is 2.42. The Morgan fingerprint density at radius 2 is 1.90 bits per heavy atom. The van der Waals surface area contributed by atoms with Gasteiger partial charge in [-0.15, -0.1) is 0 Å². The minimum Gasteiger partial charge on any atom is -0.496 e. The first kappa shape index (κ1) is 14.9. The quantitative estimate of drug-likeness (QED) is 0.794. The Morgan fingerprint density at radius 1 is 1.14 bits per heavy atom. The first-order valence-electron chi connectivity index (χ1n) is 8.46. The summed E-state index contributed by atoms with van der Waals surface area (Å²) in [5, 5.41) is 0. The first-order valence-corrected chi connectivity index (χ1v) is 8.46. The van der Waals surface area contributed by atoms with Crippen LogP contribution >= 0.6 is 0 Å². The number of ether oxygens (including phenoxy) is 2. The van der Waals surface area contributed by atoms with Crippen LogP contribution in [0.2, 0.25) is 0 Å². The summed E-state index contributed by atoms with van der Waals surface area (Å²) in [4.78, 5) is 0. The minimum absolute atomic E-state index is 0.311. The van der Waals surface area contributed by atoms with Crippen LogP contribution < -0.4 is 4.74 Å². The molecule has 3 unspecified atom stereocenters. The second kappa shape index (κ2) is 6.00. The molecule has 2 nitrogen and oxygen atoms in total. The minimum atomic E-state index is 0.311. The van der Waals surface area contributed by atoms with E-state index in [4.69, 9.17) is 9.47 Å². The topological polar surface area (TPSA) is 18.5 Å². The third kappa shape index (κ3) is 2.70. The Hall–Kier alpha value is -1.02. The number of rotatable bonds is 2. The lowest BCUT2D eigenvalue weighted by Crippen LogP contribution is -2.31. The Balaban J connectivity index is 2.07. The molecule has 116 valence electrons. The lowest BCUT2D eigenvalue weighted by molar-refractivity contribution is -0.0435. The third-order valence-corrected chi connectivity index (χ3v) is 5.40. The molecular formula is C19H28O2. The highest BCUT2D eigenvalue weighted by Gasteiger charge is 2.32. The van der Waals surface area contributed by atoms with Crippen LogP contribution in [0.4, 0.5) is 0 Å². The Kier molecular flexibility index (Phi) is 4.26. The van der Waals surface area contributed by atoms with Gasteiger partial charge < -0.3 is 9.47 Å². The van der Waals surface area contributed by atoms with Gasteiger partial charge in [0.2, 0.25) is 0 Å². The zero-order valence-electron chi connectivity index (χ0n) is 13.9. The van der Waals surface area contributed by atoms with Crippen LogP contribution in [-0.2, 0) is 17.6 Å². The van der Waals surface area contributed by atoms with E-state index in [1.165, 1.54) is 49.7 Å². The lowest BCUT2D eigenvalue weighted by atomic mass is 9.76. The van der Waals surface area contributed by atoms with E-state index >= 15 is 0 Å². The maximum Gasteiger partial charge on any atom is 0.122 e. The van der Waals surface area contributed by atoms with E-state index in [2.05, 4.69) is 26.8 Å². The van der Waals surface area contributed by atoms with Crippen LogP contribution in [-0.4, -0.2) is 19.3 Å². The molecule has 0 N–H and O–H groups in total. The molecule has 3 atom stereocenters. The molecule has 0 radical (unpaired) electrons. The van der Waals surface area contributed by atoms with Crippen molar-refractivity contribution in [2.45, 2.75) is 77.4 Å². The van der Waals surface area contributed by atoms with Crippen LogP contribution in [0.3, 0.4) is 0 Å². The van der Waals surface area contributed by atoms with Crippen molar-refractivity contribution in [3.63, 3.8) is 0 Å². The van der Waals surface area contributed by atoms with E-state index in [0.29, 0.717) is 18.1 Å². The monoisotopic (exact) mass is 288 g/mol. The third-order valence-electron chi connectivity index (χ3n) is 5.40. The molecule has 0 amide bonds. The Labute approximate surface area is 128 Å². The summed E-state index contributed by atoms with van der Waals surface area (Å²) in [5.41, 5.74) is 6.01. The fourth-order valence-corrected chi connectivity index (χ4v) is 4.29. The average molecular weight is 288 g/mol. The van der Waals surface area contributed by atoms with Gasteiger partial charge in [0.25, 0.3) is 0 Å². The van der Waals surface area contributed by atoms with Gasteiger partial charge in [0.1, 0.15) is 5.75 Å². The van der Waals surface area contributed by atoms with Crippen LogP contribution in [0.15, 0.2) is 6.07 Å².